The van der Waals surface area contributed by atoms with Crippen LogP contribution in [0.1, 0.15) is 45.4 Å². The highest BCUT2D eigenvalue weighted by atomic mass is 16.5. The minimum absolute atomic E-state index is 0.218. The van der Waals surface area contributed by atoms with E-state index in [9.17, 15) is 0 Å². The lowest BCUT2D eigenvalue weighted by Crippen LogP contribution is -2.40. The van der Waals surface area contributed by atoms with Crippen LogP contribution in [-0.2, 0) is 4.74 Å². The van der Waals surface area contributed by atoms with Gasteiger partial charge in [-0.15, -0.1) is 0 Å². The SMILES string of the molecule is Cc1nccc(NC2CCC(Oc3cc(N4CCOCC4)cc4c3NC(C)C(C)N4)CC2)n1. The van der Waals surface area contributed by atoms with Crippen molar-refractivity contribution in [1.29, 1.82) is 0 Å². The molecule has 5 rings (SSSR count). The summed E-state index contributed by atoms with van der Waals surface area (Å²) < 4.78 is 12.2. The van der Waals surface area contributed by atoms with Crippen molar-refractivity contribution in [2.75, 3.05) is 47.2 Å². The molecule has 2 fully saturated rings. The van der Waals surface area contributed by atoms with Gasteiger partial charge in [-0.1, -0.05) is 0 Å². The maximum atomic E-state index is 6.67. The molecule has 2 atom stereocenters. The number of aromatic nitrogens is 2. The van der Waals surface area contributed by atoms with Crippen molar-refractivity contribution in [3.63, 3.8) is 0 Å². The first-order valence-electron chi connectivity index (χ1n) is 12.3. The molecule has 0 spiro atoms. The molecule has 0 amide bonds. The Hall–Kier alpha value is -2.74. The lowest BCUT2D eigenvalue weighted by molar-refractivity contribution is 0.122. The van der Waals surface area contributed by atoms with Crippen molar-refractivity contribution >= 4 is 22.9 Å². The van der Waals surface area contributed by atoms with Crippen molar-refractivity contribution in [3.8, 4) is 5.75 Å². The van der Waals surface area contributed by atoms with Crippen LogP contribution in [0, 0.1) is 6.92 Å². The first-order valence-corrected chi connectivity index (χ1v) is 12.3. The van der Waals surface area contributed by atoms with E-state index in [1.807, 2.05) is 19.2 Å². The number of anilines is 4. The van der Waals surface area contributed by atoms with Gasteiger partial charge in [0.05, 0.1) is 25.0 Å². The molecule has 8 heteroatoms. The standard InChI is InChI=1S/C25H36N6O2/c1-16-17(2)28-25-22(27-16)14-20(31-10-12-32-13-11-31)15-23(25)33-21-6-4-19(5-7-21)30-24-8-9-26-18(3)29-24/h8-9,14-17,19,21,27-28H,4-7,10-13H2,1-3H3,(H,26,29,30). The number of morpholine rings is 1. The largest absolute Gasteiger partial charge is 0.488 e. The third-order valence-corrected chi connectivity index (χ3v) is 7.06. The lowest BCUT2D eigenvalue weighted by Gasteiger charge is -2.37. The van der Waals surface area contributed by atoms with E-state index in [-0.39, 0.29) is 6.10 Å². The van der Waals surface area contributed by atoms with Gasteiger partial charge in [-0.25, -0.2) is 9.97 Å². The van der Waals surface area contributed by atoms with Gasteiger partial charge in [0.2, 0.25) is 0 Å². The lowest BCUT2D eigenvalue weighted by atomic mass is 9.93. The number of fused-ring (bicyclic) bond motifs is 1. The van der Waals surface area contributed by atoms with E-state index in [1.165, 1.54) is 5.69 Å². The Labute approximate surface area is 196 Å². The molecule has 0 bridgehead atoms. The summed E-state index contributed by atoms with van der Waals surface area (Å²) in [6, 6.07) is 7.54. The van der Waals surface area contributed by atoms with Crippen LogP contribution in [0.5, 0.6) is 5.75 Å². The third kappa shape index (κ3) is 5.11. The molecule has 178 valence electrons. The van der Waals surface area contributed by atoms with Crippen LogP contribution >= 0.6 is 0 Å². The molecule has 3 N–H and O–H groups in total. The highest BCUT2D eigenvalue weighted by Crippen LogP contribution is 2.42. The monoisotopic (exact) mass is 452 g/mol. The first-order chi connectivity index (χ1) is 16.0. The minimum atomic E-state index is 0.218. The van der Waals surface area contributed by atoms with Gasteiger partial charge in [0.15, 0.2) is 0 Å². The van der Waals surface area contributed by atoms with Crippen LogP contribution in [0.3, 0.4) is 0 Å². The Balaban J connectivity index is 1.29. The molecule has 33 heavy (non-hydrogen) atoms. The second-order valence-electron chi connectivity index (χ2n) is 9.56. The van der Waals surface area contributed by atoms with Gasteiger partial charge in [0, 0.05) is 49.2 Å². The number of benzene rings is 1. The summed E-state index contributed by atoms with van der Waals surface area (Å²) in [4.78, 5) is 11.1. The highest BCUT2D eigenvalue weighted by Gasteiger charge is 2.28. The number of rotatable bonds is 5. The molecule has 1 aromatic carbocycles. The molecule has 2 unspecified atom stereocenters. The number of nitrogens with zero attached hydrogens (tertiary/aromatic N) is 3. The van der Waals surface area contributed by atoms with E-state index in [1.54, 1.807) is 0 Å². The van der Waals surface area contributed by atoms with E-state index in [4.69, 9.17) is 9.47 Å². The summed E-state index contributed by atoms with van der Waals surface area (Å²) in [7, 11) is 0. The van der Waals surface area contributed by atoms with Crippen molar-refractivity contribution < 1.29 is 9.47 Å². The van der Waals surface area contributed by atoms with Crippen LogP contribution < -0.4 is 25.6 Å². The van der Waals surface area contributed by atoms with Gasteiger partial charge >= 0.3 is 0 Å². The molecule has 2 aliphatic heterocycles. The maximum absolute atomic E-state index is 6.67. The van der Waals surface area contributed by atoms with Gasteiger partial charge in [0.25, 0.3) is 0 Å². The Morgan fingerprint density at radius 3 is 2.58 bits per heavy atom. The zero-order chi connectivity index (χ0) is 22.8. The Bertz CT molecular complexity index is 956. The number of hydrogen-bond donors (Lipinski definition) is 3. The van der Waals surface area contributed by atoms with E-state index >= 15 is 0 Å². The van der Waals surface area contributed by atoms with Gasteiger partial charge in [-0.05, 0) is 58.6 Å². The van der Waals surface area contributed by atoms with E-state index in [2.05, 4.69) is 56.8 Å². The molecular formula is C25H36N6O2. The summed E-state index contributed by atoms with van der Waals surface area (Å²) in [5, 5.41) is 10.9. The zero-order valence-corrected chi connectivity index (χ0v) is 19.9. The third-order valence-electron chi connectivity index (χ3n) is 7.06. The summed E-state index contributed by atoms with van der Waals surface area (Å²) in [5.41, 5.74) is 3.43. The smallest absolute Gasteiger partial charge is 0.147 e. The van der Waals surface area contributed by atoms with E-state index in [0.29, 0.717) is 18.1 Å². The van der Waals surface area contributed by atoms with Gasteiger partial charge in [-0.2, -0.15) is 0 Å². The molecular weight excluding hydrogens is 416 g/mol. The predicted octanol–water partition coefficient (Wildman–Crippen LogP) is 4.04. The second-order valence-corrected chi connectivity index (χ2v) is 9.56. The normalized spacial score (nSPS) is 27.2. The van der Waals surface area contributed by atoms with Crippen LogP contribution in [0.4, 0.5) is 22.9 Å². The Kier molecular flexibility index (Phi) is 6.44. The number of ether oxygens (including phenoxy) is 2. The number of aryl methyl sites for hydroxylation is 1. The fourth-order valence-electron chi connectivity index (χ4n) is 4.93. The molecule has 8 nitrogen and oxygen atoms in total. The second kappa shape index (κ2) is 9.63. The fraction of sp³-hybridized carbons (Fsp3) is 0.600. The van der Waals surface area contributed by atoms with Crippen LogP contribution in [0.25, 0.3) is 0 Å². The van der Waals surface area contributed by atoms with E-state index < -0.39 is 0 Å². The van der Waals surface area contributed by atoms with Crippen molar-refractivity contribution in [3.05, 3.63) is 30.2 Å². The van der Waals surface area contributed by atoms with Gasteiger partial charge < -0.3 is 30.3 Å². The Morgan fingerprint density at radius 2 is 1.82 bits per heavy atom. The van der Waals surface area contributed by atoms with Crippen molar-refractivity contribution in [2.24, 2.45) is 0 Å². The molecule has 1 saturated carbocycles. The number of nitrogens with one attached hydrogen (secondary N) is 3. The van der Waals surface area contributed by atoms with Gasteiger partial charge in [0.1, 0.15) is 23.1 Å². The predicted molar refractivity (Wildman–Crippen MR) is 133 cm³/mol. The molecule has 3 heterocycles. The molecule has 2 aromatic rings. The minimum Gasteiger partial charge on any atom is -0.488 e. The van der Waals surface area contributed by atoms with Crippen LogP contribution in [0.15, 0.2) is 24.4 Å². The maximum Gasteiger partial charge on any atom is 0.147 e. The number of hydrogen-bond acceptors (Lipinski definition) is 8. The zero-order valence-electron chi connectivity index (χ0n) is 19.9. The molecule has 1 aliphatic carbocycles. The molecule has 3 aliphatic rings. The van der Waals surface area contributed by atoms with Gasteiger partial charge in [-0.3, -0.25) is 0 Å². The summed E-state index contributed by atoms with van der Waals surface area (Å²) in [6.07, 6.45) is 6.22. The summed E-state index contributed by atoms with van der Waals surface area (Å²) >= 11 is 0. The molecule has 0 radical (unpaired) electrons. The van der Waals surface area contributed by atoms with Crippen molar-refractivity contribution in [1.82, 2.24) is 9.97 Å². The average Bonchev–Trinajstić information content (AvgIpc) is 2.82. The Morgan fingerprint density at radius 1 is 1.06 bits per heavy atom. The first kappa shape index (κ1) is 22.1. The quantitative estimate of drug-likeness (QED) is 0.627. The van der Waals surface area contributed by atoms with Crippen LogP contribution in [-0.4, -0.2) is 60.5 Å². The van der Waals surface area contributed by atoms with Crippen LogP contribution in [0.2, 0.25) is 0 Å². The summed E-state index contributed by atoms with van der Waals surface area (Å²) in [6.45, 7) is 9.73. The molecule has 1 saturated heterocycles. The van der Waals surface area contributed by atoms with E-state index in [0.717, 1.165) is 80.8 Å². The summed E-state index contributed by atoms with van der Waals surface area (Å²) in [5.74, 6) is 2.67. The highest BCUT2D eigenvalue weighted by molar-refractivity contribution is 5.82. The molecule has 1 aromatic heterocycles. The fourth-order valence-corrected chi connectivity index (χ4v) is 4.93. The van der Waals surface area contributed by atoms with Crippen molar-refractivity contribution in [2.45, 2.75) is 70.7 Å². The average molecular weight is 453 g/mol. The topological polar surface area (TPSA) is 83.6 Å².